The van der Waals surface area contributed by atoms with Gasteiger partial charge in [-0.3, -0.25) is 0 Å². The summed E-state index contributed by atoms with van der Waals surface area (Å²) in [7, 11) is 2.96. The lowest BCUT2D eigenvalue weighted by molar-refractivity contribution is -0.0287. The highest BCUT2D eigenvalue weighted by atomic mass is 16.6. The molecule has 0 aliphatic rings. The van der Waals surface area contributed by atoms with Crippen molar-refractivity contribution in [3.8, 4) is 0 Å². The molecule has 0 radical (unpaired) electrons. The number of methoxy groups -OCH3 is 2. The summed E-state index contributed by atoms with van der Waals surface area (Å²) < 4.78 is 10.1. The lowest BCUT2D eigenvalue weighted by Crippen LogP contribution is -2.13. The highest BCUT2D eigenvalue weighted by molar-refractivity contribution is 5.95. The Balaban J connectivity index is 2.07. The molecule has 0 aliphatic heterocycles. The second kappa shape index (κ2) is 11.1. The Morgan fingerprint density at radius 1 is 1.11 bits per heavy atom. The van der Waals surface area contributed by atoms with Gasteiger partial charge in [-0.25, -0.2) is 0 Å². The van der Waals surface area contributed by atoms with Gasteiger partial charge in [0.05, 0.1) is 19.1 Å². The van der Waals surface area contributed by atoms with Crippen LogP contribution < -0.4 is 0 Å². The van der Waals surface area contributed by atoms with Crippen molar-refractivity contribution in [2.24, 2.45) is 5.16 Å². The number of aryl methyl sites for hydroxylation is 1. The smallest absolute Gasteiger partial charge is 0.184 e. The van der Waals surface area contributed by atoms with Crippen molar-refractivity contribution >= 4 is 17.4 Å². The van der Waals surface area contributed by atoms with E-state index in [-0.39, 0.29) is 6.61 Å². The molecule has 0 saturated heterocycles. The molecule has 1 N–H and O–H groups in total. The number of aliphatic hydroxyl groups is 1. The van der Waals surface area contributed by atoms with E-state index in [1.807, 2.05) is 43.3 Å². The zero-order valence-corrected chi connectivity index (χ0v) is 16.8. The highest BCUT2D eigenvalue weighted by Crippen LogP contribution is 2.24. The summed E-state index contributed by atoms with van der Waals surface area (Å²) in [5, 5.41) is 14.2. The number of hydrogen-bond donors (Lipinski definition) is 1. The second-order valence-corrected chi connectivity index (χ2v) is 6.30. The Morgan fingerprint density at radius 3 is 2.50 bits per heavy atom. The molecule has 28 heavy (non-hydrogen) atoms. The molecule has 0 spiro atoms. The van der Waals surface area contributed by atoms with E-state index in [9.17, 15) is 5.11 Å². The van der Waals surface area contributed by atoms with E-state index in [0.717, 1.165) is 22.4 Å². The maximum Gasteiger partial charge on any atom is 0.184 e. The van der Waals surface area contributed by atoms with Crippen molar-refractivity contribution in [2.45, 2.75) is 26.7 Å². The van der Waals surface area contributed by atoms with E-state index in [4.69, 9.17) is 14.3 Å². The van der Waals surface area contributed by atoms with Crippen molar-refractivity contribution in [3.63, 3.8) is 0 Å². The molecule has 148 valence electrons. The predicted molar refractivity (Wildman–Crippen MR) is 113 cm³/mol. The molecular formula is C23H27NO4. The highest BCUT2D eigenvalue weighted by Gasteiger charge is 2.16. The number of hydrogen-bond acceptors (Lipinski definition) is 5. The predicted octanol–water partition coefficient (Wildman–Crippen LogP) is 4.55. The third kappa shape index (κ3) is 6.37. The SMILES string of the molecule is CO/C=C(\c1ccccc1CO/N=C(C)/C=C/c1ccc(C)cc1)C(O)OC. The first-order valence-corrected chi connectivity index (χ1v) is 8.98. The summed E-state index contributed by atoms with van der Waals surface area (Å²) in [5.74, 6) is 0. The number of nitrogens with zero attached hydrogens (tertiary/aromatic N) is 1. The standard InChI is InChI=1S/C23H27NO4/c1-17-9-12-19(13-10-17)14-11-18(2)24-28-15-20-7-5-6-8-21(20)22(16-26-3)23(25)27-4/h5-14,16,23,25H,15H2,1-4H3/b14-11+,22-16+,24-18+. The van der Waals surface area contributed by atoms with Crippen LogP contribution >= 0.6 is 0 Å². The van der Waals surface area contributed by atoms with Gasteiger partial charge < -0.3 is 19.4 Å². The fourth-order valence-corrected chi connectivity index (χ4v) is 2.56. The number of benzene rings is 2. The Morgan fingerprint density at radius 2 is 1.82 bits per heavy atom. The largest absolute Gasteiger partial charge is 0.504 e. The summed E-state index contributed by atoms with van der Waals surface area (Å²) >= 11 is 0. The minimum atomic E-state index is -1.09. The summed E-state index contributed by atoms with van der Waals surface area (Å²) in [5.41, 5.74) is 5.24. The van der Waals surface area contributed by atoms with Gasteiger partial charge in [-0.2, -0.15) is 0 Å². The van der Waals surface area contributed by atoms with Gasteiger partial charge in [-0.1, -0.05) is 65.3 Å². The second-order valence-electron chi connectivity index (χ2n) is 6.30. The van der Waals surface area contributed by atoms with Crippen molar-refractivity contribution in [1.29, 1.82) is 0 Å². The average Bonchev–Trinajstić information content (AvgIpc) is 2.71. The van der Waals surface area contributed by atoms with Gasteiger partial charge in [0.15, 0.2) is 6.29 Å². The molecule has 0 saturated carbocycles. The zero-order valence-electron chi connectivity index (χ0n) is 16.8. The van der Waals surface area contributed by atoms with E-state index < -0.39 is 6.29 Å². The Kier molecular flexibility index (Phi) is 8.46. The maximum atomic E-state index is 10.1. The van der Waals surface area contributed by atoms with Crippen LogP contribution in [-0.4, -0.2) is 31.3 Å². The monoisotopic (exact) mass is 381 g/mol. The molecule has 0 fully saturated rings. The van der Waals surface area contributed by atoms with Crippen LogP contribution in [0.3, 0.4) is 0 Å². The average molecular weight is 381 g/mol. The van der Waals surface area contributed by atoms with Crippen LogP contribution in [-0.2, 0) is 20.9 Å². The van der Waals surface area contributed by atoms with Crippen LogP contribution in [0.1, 0.15) is 29.2 Å². The molecular weight excluding hydrogens is 354 g/mol. The van der Waals surface area contributed by atoms with Gasteiger partial charge in [-0.05, 0) is 36.6 Å². The number of oxime groups is 1. The molecule has 2 aromatic carbocycles. The molecule has 0 bridgehead atoms. The summed E-state index contributed by atoms with van der Waals surface area (Å²) in [4.78, 5) is 5.52. The van der Waals surface area contributed by atoms with Gasteiger partial charge >= 0.3 is 0 Å². The number of aliphatic hydroxyl groups excluding tert-OH is 1. The third-order valence-corrected chi connectivity index (χ3v) is 4.09. The minimum absolute atomic E-state index is 0.253. The molecule has 0 heterocycles. The molecule has 0 amide bonds. The van der Waals surface area contributed by atoms with E-state index in [2.05, 4.69) is 36.3 Å². The summed E-state index contributed by atoms with van der Waals surface area (Å²) in [6, 6.07) is 15.8. The van der Waals surface area contributed by atoms with Crippen LogP contribution in [0.15, 0.2) is 66.0 Å². The van der Waals surface area contributed by atoms with Gasteiger partial charge in [-0.15, -0.1) is 0 Å². The van der Waals surface area contributed by atoms with Crippen LogP contribution in [0, 0.1) is 6.92 Å². The normalized spacial score (nSPS) is 13.6. The van der Waals surface area contributed by atoms with Gasteiger partial charge in [0.25, 0.3) is 0 Å². The topological polar surface area (TPSA) is 60.3 Å². The molecule has 0 aliphatic carbocycles. The van der Waals surface area contributed by atoms with E-state index >= 15 is 0 Å². The van der Waals surface area contributed by atoms with Gasteiger partial charge in [0.1, 0.15) is 6.61 Å². The molecule has 1 atom stereocenters. The number of ether oxygens (including phenoxy) is 2. The molecule has 5 nitrogen and oxygen atoms in total. The lowest BCUT2D eigenvalue weighted by Gasteiger charge is -2.16. The molecule has 5 heteroatoms. The summed E-state index contributed by atoms with van der Waals surface area (Å²) in [6.07, 6.45) is 4.26. The van der Waals surface area contributed by atoms with E-state index in [1.54, 1.807) is 0 Å². The molecule has 1 unspecified atom stereocenters. The van der Waals surface area contributed by atoms with Crippen LogP contribution in [0.2, 0.25) is 0 Å². The number of allylic oxidation sites excluding steroid dienone is 1. The molecule has 0 aromatic heterocycles. The zero-order chi connectivity index (χ0) is 20.4. The quantitative estimate of drug-likeness (QED) is 0.300. The fraction of sp³-hybridized carbons (Fsp3) is 0.261. The Labute approximate surface area is 166 Å². The molecule has 2 aromatic rings. The number of rotatable bonds is 9. The minimum Gasteiger partial charge on any atom is -0.504 e. The first-order valence-electron chi connectivity index (χ1n) is 8.98. The van der Waals surface area contributed by atoms with Gasteiger partial charge in [0.2, 0.25) is 0 Å². The van der Waals surface area contributed by atoms with E-state index in [0.29, 0.717) is 5.57 Å². The van der Waals surface area contributed by atoms with Crippen molar-refractivity contribution in [2.75, 3.05) is 14.2 Å². The first kappa shape index (κ1) is 21.4. The van der Waals surface area contributed by atoms with Crippen LogP contribution in [0.4, 0.5) is 0 Å². The van der Waals surface area contributed by atoms with Crippen LogP contribution in [0.5, 0.6) is 0 Å². The summed E-state index contributed by atoms with van der Waals surface area (Å²) in [6.45, 7) is 4.19. The molecule has 2 rings (SSSR count). The van der Waals surface area contributed by atoms with Crippen LogP contribution in [0.25, 0.3) is 11.6 Å². The fourth-order valence-electron chi connectivity index (χ4n) is 2.56. The lowest BCUT2D eigenvalue weighted by atomic mass is 10.0. The van der Waals surface area contributed by atoms with Crippen molar-refractivity contribution in [3.05, 3.63) is 83.1 Å². The third-order valence-electron chi connectivity index (χ3n) is 4.09. The first-order chi connectivity index (χ1) is 13.5. The van der Waals surface area contributed by atoms with Crippen molar-refractivity contribution in [1.82, 2.24) is 0 Å². The maximum absolute atomic E-state index is 10.1. The van der Waals surface area contributed by atoms with Gasteiger partial charge in [0, 0.05) is 12.7 Å². The Hall–Kier alpha value is -2.89. The Bertz CT molecular complexity index is 838. The van der Waals surface area contributed by atoms with Crippen molar-refractivity contribution < 1.29 is 19.4 Å². The van der Waals surface area contributed by atoms with E-state index in [1.165, 1.54) is 26.0 Å².